The fourth-order valence-electron chi connectivity index (χ4n) is 6.20. The second kappa shape index (κ2) is 15.4. The van der Waals surface area contributed by atoms with E-state index in [2.05, 4.69) is 20.6 Å². The van der Waals surface area contributed by atoms with Crippen LogP contribution in [-0.2, 0) is 32.0 Å². The van der Waals surface area contributed by atoms with E-state index in [0.717, 1.165) is 40.7 Å². The van der Waals surface area contributed by atoms with E-state index in [1.807, 2.05) is 104 Å². The van der Waals surface area contributed by atoms with Gasteiger partial charge in [-0.2, -0.15) is 0 Å². The predicted octanol–water partition coefficient (Wildman–Crippen LogP) is 5.82. The summed E-state index contributed by atoms with van der Waals surface area (Å²) >= 11 is 0. The number of pyridine rings is 1. The van der Waals surface area contributed by atoms with Crippen molar-refractivity contribution in [2.75, 3.05) is 30.3 Å². The molecule has 4 amide bonds. The number of hydrogen-bond acceptors (Lipinski definition) is 5. The third kappa shape index (κ3) is 8.39. The Morgan fingerprint density at radius 2 is 1.55 bits per heavy atom. The van der Waals surface area contributed by atoms with E-state index in [1.165, 1.54) is 0 Å². The number of aromatic amines is 1. The van der Waals surface area contributed by atoms with Crippen molar-refractivity contribution in [1.29, 1.82) is 0 Å². The molecule has 0 radical (unpaired) electrons. The van der Waals surface area contributed by atoms with Crippen LogP contribution in [0.1, 0.15) is 37.3 Å². The van der Waals surface area contributed by atoms with Gasteiger partial charge in [-0.05, 0) is 66.3 Å². The molecule has 49 heavy (non-hydrogen) atoms. The van der Waals surface area contributed by atoms with Crippen LogP contribution < -0.4 is 10.6 Å². The molecule has 0 spiro atoms. The van der Waals surface area contributed by atoms with Crippen molar-refractivity contribution in [3.05, 3.63) is 114 Å². The smallest absolute Gasteiger partial charge is 0.248 e. The van der Waals surface area contributed by atoms with Gasteiger partial charge in [0.2, 0.25) is 23.6 Å². The van der Waals surface area contributed by atoms with Crippen LogP contribution in [-0.4, -0.2) is 69.1 Å². The maximum atomic E-state index is 13.3. The number of fused-ring (bicyclic) bond motifs is 1. The van der Waals surface area contributed by atoms with Gasteiger partial charge < -0.3 is 25.4 Å². The van der Waals surface area contributed by atoms with E-state index in [4.69, 9.17) is 0 Å². The number of hydrogen-bond donors (Lipinski definition) is 3. The largest absolute Gasteiger partial charge is 0.353 e. The number of anilines is 2. The Labute approximate surface area is 285 Å². The van der Waals surface area contributed by atoms with Gasteiger partial charge in [-0.3, -0.25) is 19.2 Å². The van der Waals surface area contributed by atoms with E-state index >= 15 is 0 Å². The zero-order chi connectivity index (χ0) is 34.2. The van der Waals surface area contributed by atoms with Gasteiger partial charge in [-0.25, -0.2) is 4.98 Å². The maximum Gasteiger partial charge on any atom is 0.248 e. The Balaban J connectivity index is 1.05. The number of likely N-dealkylation sites (tertiary alicyclic amines) is 1. The fraction of sp³-hybridized carbons (Fsp3) is 0.256. The molecule has 0 aliphatic carbocycles. The Kier molecular flexibility index (Phi) is 10.4. The molecular weight excluding hydrogens is 616 g/mol. The number of carbonyl (C=O) groups is 4. The second-order valence-electron chi connectivity index (χ2n) is 12.3. The van der Waals surface area contributed by atoms with Crippen LogP contribution >= 0.6 is 0 Å². The summed E-state index contributed by atoms with van der Waals surface area (Å²) in [5.41, 5.74) is 5.69. The number of rotatable bonds is 12. The summed E-state index contributed by atoms with van der Waals surface area (Å²) in [6.07, 6.45) is 2.67. The highest BCUT2D eigenvalue weighted by Crippen LogP contribution is 2.26. The third-order valence-electron chi connectivity index (χ3n) is 8.66. The summed E-state index contributed by atoms with van der Waals surface area (Å²) < 4.78 is 0. The molecule has 0 bridgehead atoms. The molecule has 0 saturated carbocycles. The lowest BCUT2D eigenvalue weighted by Crippen LogP contribution is -2.43. The van der Waals surface area contributed by atoms with Crippen LogP contribution in [0.4, 0.5) is 11.5 Å². The van der Waals surface area contributed by atoms with Crippen molar-refractivity contribution in [3.8, 4) is 11.3 Å². The van der Waals surface area contributed by atoms with Gasteiger partial charge in [0, 0.05) is 24.5 Å². The number of carbonyl (C=O) groups excluding carboxylic acids is 4. The average Bonchev–Trinajstić information content (AvgIpc) is 3.77. The molecule has 1 saturated heterocycles. The van der Waals surface area contributed by atoms with Crippen molar-refractivity contribution < 1.29 is 19.2 Å². The molecule has 10 nitrogen and oxygen atoms in total. The normalized spacial score (nSPS) is 14.1. The Hall–Kier alpha value is -5.77. The Morgan fingerprint density at radius 1 is 0.857 bits per heavy atom. The van der Waals surface area contributed by atoms with Gasteiger partial charge in [-0.15, -0.1) is 0 Å². The lowest BCUT2D eigenvalue weighted by molar-refractivity contribution is -0.136. The van der Waals surface area contributed by atoms with Crippen LogP contribution in [0.2, 0.25) is 0 Å². The van der Waals surface area contributed by atoms with Crippen LogP contribution in [0.3, 0.4) is 0 Å². The standard InChI is InChI=1S/C39H40N6O4/c1-2-21-44(37(47)23-27-10-5-3-6-11-27)26-36(46)40-30-17-15-29(16-18-30)32-25-33-31(41-32)19-20-35(42-33)43-39(49)34-14-9-22-45(34)38(48)24-28-12-7-4-8-13-28/h3-8,10-13,15-20,25,34,41H,2,9,14,21-24,26H2,1H3,(H,40,46)(H,42,43,49)/t34-/m0/s1. The van der Waals surface area contributed by atoms with E-state index in [1.54, 1.807) is 15.9 Å². The minimum atomic E-state index is -0.529. The number of aromatic nitrogens is 2. The van der Waals surface area contributed by atoms with Crippen LogP contribution in [0, 0.1) is 0 Å². The zero-order valence-corrected chi connectivity index (χ0v) is 27.5. The van der Waals surface area contributed by atoms with E-state index in [-0.39, 0.29) is 43.0 Å². The van der Waals surface area contributed by atoms with Crippen LogP contribution in [0.5, 0.6) is 0 Å². The molecule has 3 aromatic carbocycles. The van der Waals surface area contributed by atoms with Gasteiger partial charge in [0.1, 0.15) is 11.9 Å². The van der Waals surface area contributed by atoms with Crippen LogP contribution in [0.25, 0.3) is 22.3 Å². The molecule has 1 aliphatic heterocycles. The van der Waals surface area contributed by atoms with E-state index in [0.29, 0.717) is 36.5 Å². The number of amides is 4. The minimum Gasteiger partial charge on any atom is -0.353 e. The van der Waals surface area contributed by atoms with Gasteiger partial charge in [0.15, 0.2) is 0 Å². The first-order valence-electron chi connectivity index (χ1n) is 16.7. The molecular formula is C39H40N6O4. The molecule has 1 atom stereocenters. The summed E-state index contributed by atoms with van der Waals surface area (Å²) in [5, 5.41) is 5.82. The molecule has 1 aliphatic rings. The SMILES string of the molecule is CCCN(CC(=O)Nc1ccc(-c2cc3nc(NC(=O)[C@@H]4CCCN4C(=O)Cc4ccccc4)ccc3[nH]2)cc1)C(=O)Cc1ccccc1. The number of H-pyrrole nitrogens is 1. The topological polar surface area (TPSA) is 128 Å². The van der Waals surface area contributed by atoms with Crippen molar-refractivity contribution in [1.82, 2.24) is 19.8 Å². The van der Waals surface area contributed by atoms with Gasteiger partial charge in [-0.1, -0.05) is 79.7 Å². The summed E-state index contributed by atoms with van der Waals surface area (Å²) in [6, 6.07) is 31.5. The summed E-state index contributed by atoms with van der Waals surface area (Å²) in [5.74, 6) is -0.211. The first kappa shape index (κ1) is 33.1. The van der Waals surface area contributed by atoms with Crippen molar-refractivity contribution in [2.45, 2.75) is 45.1 Å². The number of nitrogens with zero attached hydrogens (tertiary/aromatic N) is 3. The molecule has 6 rings (SSSR count). The quantitative estimate of drug-likeness (QED) is 0.156. The van der Waals surface area contributed by atoms with Gasteiger partial charge >= 0.3 is 0 Å². The molecule has 2 aromatic heterocycles. The van der Waals surface area contributed by atoms with Crippen molar-refractivity contribution in [3.63, 3.8) is 0 Å². The van der Waals surface area contributed by atoms with Gasteiger partial charge in [0.25, 0.3) is 0 Å². The number of benzene rings is 3. The van der Waals surface area contributed by atoms with Crippen molar-refractivity contribution in [2.24, 2.45) is 0 Å². The minimum absolute atomic E-state index is 0.0173. The molecule has 3 N–H and O–H groups in total. The lowest BCUT2D eigenvalue weighted by Gasteiger charge is -2.24. The highest BCUT2D eigenvalue weighted by Gasteiger charge is 2.34. The van der Waals surface area contributed by atoms with E-state index < -0.39 is 6.04 Å². The summed E-state index contributed by atoms with van der Waals surface area (Å²) in [4.78, 5) is 63.3. The monoisotopic (exact) mass is 656 g/mol. The fourth-order valence-corrected chi connectivity index (χ4v) is 6.20. The third-order valence-corrected chi connectivity index (χ3v) is 8.66. The molecule has 10 heteroatoms. The highest BCUT2D eigenvalue weighted by atomic mass is 16.2. The summed E-state index contributed by atoms with van der Waals surface area (Å²) in [7, 11) is 0. The number of nitrogens with one attached hydrogen (secondary N) is 3. The maximum absolute atomic E-state index is 13.3. The second-order valence-corrected chi connectivity index (χ2v) is 12.3. The molecule has 0 unspecified atom stereocenters. The Morgan fingerprint density at radius 3 is 2.24 bits per heavy atom. The molecule has 3 heterocycles. The molecule has 1 fully saturated rings. The van der Waals surface area contributed by atoms with Crippen LogP contribution in [0.15, 0.2) is 103 Å². The zero-order valence-electron chi connectivity index (χ0n) is 27.5. The summed E-state index contributed by atoms with van der Waals surface area (Å²) in [6.45, 7) is 3.03. The van der Waals surface area contributed by atoms with Crippen molar-refractivity contribution >= 4 is 46.2 Å². The first-order valence-corrected chi connectivity index (χ1v) is 16.7. The Bertz CT molecular complexity index is 1920. The molecule has 250 valence electrons. The highest BCUT2D eigenvalue weighted by molar-refractivity contribution is 5.98. The molecule has 5 aromatic rings. The predicted molar refractivity (Wildman–Crippen MR) is 191 cm³/mol. The van der Waals surface area contributed by atoms with E-state index in [9.17, 15) is 19.2 Å². The average molecular weight is 657 g/mol. The first-order chi connectivity index (χ1) is 23.9. The lowest BCUT2D eigenvalue weighted by atomic mass is 10.1. The van der Waals surface area contributed by atoms with Gasteiger partial charge in [0.05, 0.1) is 30.4 Å².